The molecule has 0 aliphatic heterocycles. The van der Waals surface area contributed by atoms with Gasteiger partial charge in [-0.25, -0.2) is 4.79 Å². The van der Waals surface area contributed by atoms with E-state index in [1.165, 1.54) is 19.1 Å². The Hall–Kier alpha value is -1.58. The molecular formula is C7H9NO3. The van der Waals surface area contributed by atoms with Gasteiger partial charge in [0, 0.05) is 13.0 Å². The number of hydrogen-bond donors (Lipinski definition) is 1. The molecule has 4 nitrogen and oxygen atoms in total. The number of amides is 1. The molecule has 4 heteroatoms. The van der Waals surface area contributed by atoms with Crippen molar-refractivity contribution < 1.29 is 14.4 Å². The van der Waals surface area contributed by atoms with Gasteiger partial charge in [-0.05, 0) is 0 Å². The van der Waals surface area contributed by atoms with E-state index < -0.39 is 11.9 Å². The Morgan fingerprint density at radius 1 is 1.55 bits per heavy atom. The van der Waals surface area contributed by atoms with Crippen LogP contribution < -0.4 is 5.48 Å². The van der Waals surface area contributed by atoms with E-state index in [-0.39, 0.29) is 0 Å². The van der Waals surface area contributed by atoms with Crippen LogP contribution in [-0.4, -0.2) is 11.9 Å². The molecule has 0 radical (unpaired) electrons. The Kier molecular flexibility index (Phi) is 4.47. The maximum atomic E-state index is 10.5. The van der Waals surface area contributed by atoms with Gasteiger partial charge < -0.3 is 4.84 Å². The lowest BCUT2D eigenvalue weighted by Crippen LogP contribution is -2.23. The van der Waals surface area contributed by atoms with E-state index in [1.807, 2.05) is 5.48 Å². The highest BCUT2D eigenvalue weighted by molar-refractivity contribution is 5.83. The molecule has 0 atom stereocenters. The zero-order chi connectivity index (χ0) is 8.69. The monoisotopic (exact) mass is 155 g/mol. The van der Waals surface area contributed by atoms with Gasteiger partial charge >= 0.3 is 5.97 Å². The number of hydroxylamine groups is 1. The molecule has 0 unspecified atom stereocenters. The minimum Gasteiger partial charge on any atom is -0.336 e. The Bertz CT molecular complexity index is 196. The molecule has 0 fully saturated rings. The van der Waals surface area contributed by atoms with Gasteiger partial charge in [0.2, 0.25) is 5.91 Å². The highest BCUT2D eigenvalue weighted by Crippen LogP contribution is 1.78. The van der Waals surface area contributed by atoms with Gasteiger partial charge in [-0.2, -0.15) is 5.48 Å². The summed E-state index contributed by atoms with van der Waals surface area (Å²) in [6.45, 7) is 4.59. The van der Waals surface area contributed by atoms with Gasteiger partial charge in [0.1, 0.15) is 0 Å². The summed E-state index contributed by atoms with van der Waals surface area (Å²) in [6, 6.07) is 0. The molecule has 0 saturated heterocycles. The van der Waals surface area contributed by atoms with E-state index in [0.29, 0.717) is 0 Å². The first-order valence-corrected chi connectivity index (χ1v) is 2.93. The van der Waals surface area contributed by atoms with Crippen LogP contribution in [0.4, 0.5) is 0 Å². The Morgan fingerprint density at radius 3 is 2.64 bits per heavy atom. The molecule has 1 amide bonds. The third-order valence-electron chi connectivity index (χ3n) is 0.664. The summed E-state index contributed by atoms with van der Waals surface area (Å²) in [6.07, 6.45) is 3.97. The number of allylic oxidation sites excluding steroid dienone is 2. The second kappa shape index (κ2) is 5.22. The van der Waals surface area contributed by atoms with Crippen molar-refractivity contribution in [1.82, 2.24) is 5.48 Å². The van der Waals surface area contributed by atoms with E-state index >= 15 is 0 Å². The predicted molar refractivity (Wildman–Crippen MR) is 39.2 cm³/mol. The van der Waals surface area contributed by atoms with E-state index in [4.69, 9.17) is 0 Å². The van der Waals surface area contributed by atoms with Gasteiger partial charge in [-0.15, -0.1) is 0 Å². The average Bonchev–Trinajstić information content (AvgIpc) is 1.97. The Labute approximate surface area is 64.5 Å². The SMILES string of the molecule is C=CC=CC(=O)ONC(C)=O. The van der Waals surface area contributed by atoms with Crippen LogP contribution in [0.2, 0.25) is 0 Å². The van der Waals surface area contributed by atoms with Crippen LogP contribution in [-0.2, 0) is 14.4 Å². The van der Waals surface area contributed by atoms with Crippen molar-refractivity contribution in [3.63, 3.8) is 0 Å². The number of hydrogen-bond acceptors (Lipinski definition) is 3. The van der Waals surface area contributed by atoms with Crippen molar-refractivity contribution in [2.45, 2.75) is 6.92 Å². The molecule has 0 aromatic heterocycles. The molecule has 0 saturated carbocycles. The van der Waals surface area contributed by atoms with E-state index in [2.05, 4.69) is 11.4 Å². The highest BCUT2D eigenvalue weighted by atomic mass is 16.7. The zero-order valence-corrected chi connectivity index (χ0v) is 6.16. The summed E-state index contributed by atoms with van der Waals surface area (Å²) >= 11 is 0. The molecule has 0 aromatic carbocycles. The van der Waals surface area contributed by atoms with Crippen LogP contribution in [0, 0.1) is 0 Å². The van der Waals surface area contributed by atoms with Crippen LogP contribution in [0.15, 0.2) is 24.8 Å². The maximum absolute atomic E-state index is 10.5. The van der Waals surface area contributed by atoms with E-state index in [1.54, 1.807) is 0 Å². The van der Waals surface area contributed by atoms with Crippen molar-refractivity contribution in [1.29, 1.82) is 0 Å². The lowest BCUT2D eigenvalue weighted by atomic mass is 10.5. The topological polar surface area (TPSA) is 55.4 Å². The summed E-state index contributed by atoms with van der Waals surface area (Å²) < 4.78 is 0. The predicted octanol–water partition coefficient (Wildman–Crippen LogP) is 0.323. The fourth-order valence-electron chi connectivity index (χ4n) is 0.303. The summed E-state index contributed by atoms with van der Waals surface area (Å²) in [7, 11) is 0. The second-order valence-corrected chi connectivity index (χ2v) is 1.67. The minimum absolute atomic E-state index is 0.426. The summed E-state index contributed by atoms with van der Waals surface area (Å²) in [4.78, 5) is 25.0. The van der Waals surface area contributed by atoms with Crippen LogP contribution in [0.1, 0.15) is 6.92 Å². The first-order valence-electron chi connectivity index (χ1n) is 2.93. The summed E-state index contributed by atoms with van der Waals surface area (Å²) in [5, 5.41) is 0. The lowest BCUT2D eigenvalue weighted by Gasteiger charge is -1.97. The molecule has 0 spiro atoms. The molecule has 0 bridgehead atoms. The molecule has 0 aliphatic rings. The molecule has 11 heavy (non-hydrogen) atoms. The second-order valence-electron chi connectivity index (χ2n) is 1.67. The Morgan fingerprint density at radius 2 is 2.18 bits per heavy atom. The van der Waals surface area contributed by atoms with Crippen molar-refractivity contribution in [2.75, 3.05) is 0 Å². The molecule has 0 aliphatic carbocycles. The number of nitrogens with one attached hydrogen (secondary N) is 1. The third kappa shape index (κ3) is 6.30. The summed E-state index contributed by atoms with van der Waals surface area (Å²) in [5.41, 5.74) is 1.88. The first kappa shape index (κ1) is 9.42. The fourth-order valence-corrected chi connectivity index (χ4v) is 0.303. The molecule has 0 aromatic rings. The largest absolute Gasteiger partial charge is 0.355 e. The molecule has 1 N–H and O–H groups in total. The summed E-state index contributed by atoms with van der Waals surface area (Å²) in [5.74, 6) is -1.06. The number of rotatable bonds is 2. The number of carbonyl (C=O) groups is 2. The molecule has 60 valence electrons. The van der Waals surface area contributed by atoms with Crippen LogP contribution in [0.25, 0.3) is 0 Å². The van der Waals surface area contributed by atoms with Crippen molar-refractivity contribution in [3.8, 4) is 0 Å². The van der Waals surface area contributed by atoms with E-state index in [9.17, 15) is 9.59 Å². The Balaban J connectivity index is 3.61. The lowest BCUT2D eigenvalue weighted by molar-refractivity contribution is -0.152. The average molecular weight is 155 g/mol. The molecule has 0 rings (SSSR count). The quantitative estimate of drug-likeness (QED) is 0.355. The first-order chi connectivity index (χ1) is 5.16. The standard InChI is InChI=1S/C7H9NO3/c1-3-4-5-7(10)11-8-6(2)9/h3-5H,1H2,2H3,(H,8,9). The van der Waals surface area contributed by atoms with Crippen LogP contribution in [0.3, 0.4) is 0 Å². The van der Waals surface area contributed by atoms with Crippen LogP contribution >= 0.6 is 0 Å². The van der Waals surface area contributed by atoms with Gasteiger partial charge in [0.05, 0.1) is 0 Å². The number of carbonyl (C=O) groups excluding carboxylic acids is 2. The zero-order valence-electron chi connectivity index (χ0n) is 6.16. The van der Waals surface area contributed by atoms with Crippen molar-refractivity contribution >= 4 is 11.9 Å². The van der Waals surface area contributed by atoms with Gasteiger partial charge in [-0.3, -0.25) is 4.79 Å². The van der Waals surface area contributed by atoms with Crippen molar-refractivity contribution in [3.05, 3.63) is 24.8 Å². The maximum Gasteiger partial charge on any atom is 0.355 e. The third-order valence-corrected chi connectivity index (χ3v) is 0.664. The van der Waals surface area contributed by atoms with E-state index in [0.717, 1.165) is 6.08 Å². The van der Waals surface area contributed by atoms with Crippen molar-refractivity contribution in [2.24, 2.45) is 0 Å². The van der Waals surface area contributed by atoms with Gasteiger partial charge in [0.15, 0.2) is 0 Å². The highest BCUT2D eigenvalue weighted by Gasteiger charge is 1.95. The smallest absolute Gasteiger partial charge is 0.336 e. The molecular weight excluding hydrogens is 146 g/mol. The van der Waals surface area contributed by atoms with Gasteiger partial charge in [0.25, 0.3) is 0 Å². The fraction of sp³-hybridized carbons (Fsp3) is 0.143. The molecule has 0 heterocycles. The van der Waals surface area contributed by atoms with Gasteiger partial charge in [-0.1, -0.05) is 18.7 Å². The van der Waals surface area contributed by atoms with Crippen LogP contribution in [0.5, 0.6) is 0 Å². The minimum atomic E-state index is -0.639. The normalized spacial score (nSPS) is 9.18.